The number of benzene rings is 1. The maximum Gasteiger partial charge on any atom is 0.328 e. The molecule has 2 heterocycles. The fourth-order valence-electron chi connectivity index (χ4n) is 2.58. The minimum absolute atomic E-state index is 0.254. The number of amides is 1. The van der Waals surface area contributed by atoms with E-state index in [0.717, 1.165) is 10.6 Å². The van der Waals surface area contributed by atoms with Crippen molar-refractivity contribution in [1.29, 1.82) is 0 Å². The van der Waals surface area contributed by atoms with Gasteiger partial charge in [0.25, 0.3) is 5.56 Å². The van der Waals surface area contributed by atoms with Crippen LogP contribution in [0.4, 0.5) is 4.39 Å². The van der Waals surface area contributed by atoms with Gasteiger partial charge in [-0.05, 0) is 6.07 Å². The van der Waals surface area contributed by atoms with Crippen molar-refractivity contribution >= 4 is 5.91 Å². The number of aromatic amines is 1. The Hall–Kier alpha value is -3.49. The fraction of sp³-hybridized carbons (Fsp3) is 0.176. The number of H-pyrrole nitrogens is 1. The molecule has 0 aliphatic heterocycles. The van der Waals surface area contributed by atoms with Gasteiger partial charge >= 0.3 is 5.69 Å². The molecule has 0 fully saturated rings. The third-order valence-corrected chi connectivity index (χ3v) is 3.85. The van der Waals surface area contributed by atoms with Gasteiger partial charge in [0, 0.05) is 37.3 Å². The molecular weight excluding hydrogens is 341 g/mol. The van der Waals surface area contributed by atoms with Crippen LogP contribution in [0.5, 0.6) is 0 Å². The van der Waals surface area contributed by atoms with Crippen LogP contribution < -0.4 is 16.6 Å². The van der Waals surface area contributed by atoms with Crippen LogP contribution in [-0.4, -0.2) is 25.0 Å². The first-order valence-electron chi connectivity index (χ1n) is 7.76. The Bertz CT molecular complexity index is 1050. The van der Waals surface area contributed by atoms with Gasteiger partial charge < -0.3 is 9.88 Å². The predicted molar refractivity (Wildman–Crippen MR) is 90.9 cm³/mol. The molecule has 0 saturated heterocycles. The molecule has 1 unspecified atom stereocenters. The first-order chi connectivity index (χ1) is 12.5. The summed E-state index contributed by atoms with van der Waals surface area (Å²) in [6.07, 6.45) is 4.45. The molecule has 1 amide bonds. The van der Waals surface area contributed by atoms with Crippen molar-refractivity contribution in [2.24, 2.45) is 7.05 Å². The normalized spacial score (nSPS) is 11.9. The molecule has 26 heavy (non-hydrogen) atoms. The van der Waals surface area contributed by atoms with Gasteiger partial charge in [-0.15, -0.1) is 0 Å². The minimum Gasteiger partial charge on any atom is -0.340 e. The molecule has 3 rings (SSSR count). The van der Waals surface area contributed by atoms with Crippen LogP contribution in [0.25, 0.3) is 0 Å². The molecule has 0 spiro atoms. The van der Waals surface area contributed by atoms with Crippen LogP contribution in [0, 0.1) is 5.82 Å². The zero-order valence-corrected chi connectivity index (χ0v) is 13.8. The average Bonchev–Trinajstić information content (AvgIpc) is 3.02. The van der Waals surface area contributed by atoms with Gasteiger partial charge in [0.05, 0.1) is 0 Å². The largest absolute Gasteiger partial charge is 0.340 e. The fourth-order valence-corrected chi connectivity index (χ4v) is 2.58. The smallest absolute Gasteiger partial charge is 0.328 e. The van der Waals surface area contributed by atoms with E-state index in [1.165, 1.54) is 12.3 Å². The van der Waals surface area contributed by atoms with Gasteiger partial charge in [-0.2, -0.15) is 0 Å². The van der Waals surface area contributed by atoms with Crippen molar-refractivity contribution in [2.75, 3.05) is 0 Å². The number of aryl methyl sites for hydroxylation is 1. The van der Waals surface area contributed by atoms with Crippen molar-refractivity contribution in [3.8, 4) is 0 Å². The standard InChI is InChI=1S/C17H16FN5O3/c1-22-9-7-19-16(22)15(11-4-2-3-5-12(11)18)20-14(25)10-23-8-6-13(24)21-17(23)26/h2-9,15H,10H2,1H3,(H,20,25)(H,21,24,26). The maximum atomic E-state index is 14.3. The van der Waals surface area contributed by atoms with E-state index in [1.54, 1.807) is 42.2 Å². The molecular formula is C17H16FN5O3. The first kappa shape index (κ1) is 17.3. The summed E-state index contributed by atoms with van der Waals surface area (Å²) in [7, 11) is 1.73. The summed E-state index contributed by atoms with van der Waals surface area (Å²) in [6.45, 7) is -0.328. The molecule has 1 aromatic carbocycles. The Labute approximate surface area is 146 Å². The van der Waals surface area contributed by atoms with Crippen LogP contribution in [0.2, 0.25) is 0 Å². The SMILES string of the molecule is Cn1ccnc1C(NC(=O)Cn1ccc(=O)[nH]c1=O)c1ccccc1F. The molecule has 0 saturated carbocycles. The number of aromatic nitrogens is 4. The van der Waals surface area contributed by atoms with Crippen molar-refractivity contribution in [3.05, 3.63) is 87.0 Å². The van der Waals surface area contributed by atoms with Crippen LogP contribution in [0.1, 0.15) is 17.4 Å². The summed E-state index contributed by atoms with van der Waals surface area (Å²) in [4.78, 5) is 41.5. The summed E-state index contributed by atoms with van der Waals surface area (Å²) >= 11 is 0. The number of carbonyl (C=O) groups excluding carboxylic acids is 1. The van der Waals surface area contributed by atoms with Gasteiger partial charge in [-0.3, -0.25) is 19.1 Å². The molecule has 2 N–H and O–H groups in total. The van der Waals surface area contributed by atoms with E-state index in [2.05, 4.69) is 15.3 Å². The van der Waals surface area contributed by atoms with Gasteiger partial charge in [-0.1, -0.05) is 18.2 Å². The highest BCUT2D eigenvalue weighted by molar-refractivity contribution is 5.76. The number of nitrogens with one attached hydrogen (secondary N) is 2. The van der Waals surface area contributed by atoms with Gasteiger partial charge in [0.15, 0.2) is 0 Å². The number of rotatable bonds is 5. The number of halogens is 1. The quantitative estimate of drug-likeness (QED) is 0.686. The predicted octanol–water partition coefficient (Wildman–Crippen LogP) is 0.315. The minimum atomic E-state index is -0.831. The lowest BCUT2D eigenvalue weighted by Gasteiger charge is -2.20. The average molecular weight is 357 g/mol. The van der Waals surface area contributed by atoms with Crippen LogP contribution in [0.15, 0.2) is 58.5 Å². The van der Waals surface area contributed by atoms with E-state index in [-0.39, 0.29) is 12.1 Å². The van der Waals surface area contributed by atoms with Crippen LogP contribution >= 0.6 is 0 Å². The Morgan fingerprint density at radius 1 is 1.27 bits per heavy atom. The van der Waals surface area contributed by atoms with E-state index in [4.69, 9.17) is 0 Å². The van der Waals surface area contributed by atoms with Crippen molar-refractivity contribution < 1.29 is 9.18 Å². The highest BCUT2D eigenvalue weighted by Crippen LogP contribution is 2.22. The van der Waals surface area contributed by atoms with Crippen LogP contribution in [0.3, 0.4) is 0 Å². The number of carbonyl (C=O) groups is 1. The molecule has 134 valence electrons. The molecule has 9 heteroatoms. The molecule has 1 atom stereocenters. The molecule has 0 aliphatic carbocycles. The number of hydrogen-bond donors (Lipinski definition) is 2. The molecule has 0 bridgehead atoms. The Kier molecular flexibility index (Phi) is 4.78. The number of nitrogens with zero attached hydrogens (tertiary/aromatic N) is 3. The summed E-state index contributed by atoms with van der Waals surface area (Å²) < 4.78 is 17.0. The topological polar surface area (TPSA) is 102 Å². The molecule has 2 aromatic heterocycles. The van der Waals surface area contributed by atoms with E-state index < -0.39 is 29.0 Å². The van der Waals surface area contributed by atoms with E-state index in [9.17, 15) is 18.8 Å². The van der Waals surface area contributed by atoms with E-state index in [0.29, 0.717) is 5.82 Å². The number of hydrogen-bond acceptors (Lipinski definition) is 4. The van der Waals surface area contributed by atoms with E-state index in [1.807, 2.05) is 0 Å². The zero-order chi connectivity index (χ0) is 18.7. The molecule has 0 aliphatic rings. The Morgan fingerprint density at radius 3 is 2.69 bits per heavy atom. The Morgan fingerprint density at radius 2 is 2.04 bits per heavy atom. The summed E-state index contributed by atoms with van der Waals surface area (Å²) in [5.41, 5.74) is -1.00. The molecule has 0 radical (unpaired) electrons. The Balaban J connectivity index is 1.90. The first-order valence-corrected chi connectivity index (χ1v) is 7.76. The summed E-state index contributed by atoms with van der Waals surface area (Å²) in [5, 5.41) is 2.69. The number of imidazole rings is 1. The lowest BCUT2D eigenvalue weighted by Crippen LogP contribution is -2.38. The van der Waals surface area contributed by atoms with Crippen molar-refractivity contribution in [1.82, 2.24) is 24.4 Å². The third kappa shape index (κ3) is 3.61. The summed E-state index contributed by atoms with van der Waals surface area (Å²) in [6, 6.07) is 6.37. The molecule has 8 nitrogen and oxygen atoms in total. The molecule has 3 aromatic rings. The second-order valence-electron chi connectivity index (χ2n) is 5.66. The highest BCUT2D eigenvalue weighted by atomic mass is 19.1. The second kappa shape index (κ2) is 7.18. The lowest BCUT2D eigenvalue weighted by atomic mass is 10.1. The zero-order valence-electron chi connectivity index (χ0n) is 13.8. The van der Waals surface area contributed by atoms with Crippen molar-refractivity contribution in [3.63, 3.8) is 0 Å². The highest BCUT2D eigenvalue weighted by Gasteiger charge is 2.23. The third-order valence-electron chi connectivity index (χ3n) is 3.85. The maximum absolute atomic E-state index is 14.3. The van der Waals surface area contributed by atoms with Gasteiger partial charge in [0.1, 0.15) is 24.2 Å². The van der Waals surface area contributed by atoms with Crippen molar-refractivity contribution in [2.45, 2.75) is 12.6 Å². The van der Waals surface area contributed by atoms with Gasteiger partial charge in [0.2, 0.25) is 5.91 Å². The second-order valence-corrected chi connectivity index (χ2v) is 5.66. The lowest BCUT2D eigenvalue weighted by molar-refractivity contribution is -0.122. The van der Waals surface area contributed by atoms with E-state index >= 15 is 0 Å². The monoisotopic (exact) mass is 357 g/mol. The summed E-state index contributed by atoms with van der Waals surface area (Å²) in [5.74, 6) is -0.574. The van der Waals surface area contributed by atoms with Crippen LogP contribution in [-0.2, 0) is 18.4 Å². The van der Waals surface area contributed by atoms with Gasteiger partial charge in [-0.25, -0.2) is 14.2 Å².